The van der Waals surface area contributed by atoms with Gasteiger partial charge in [-0.3, -0.25) is 9.59 Å². The minimum atomic E-state index is -0.0990. The molecule has 2 amide bonds. The van der Waals surface area contributed by atoms with Crippen molar-refractivity contribution in [2.24, 2.45) is 0 Å². The highest BCUT2D eigenvalue weighted by atomic mass is 16.5. The summed E-state index contributed by atoms with van der Waals surface area (Å²) in [4.78, 5) is 25.8. The largest absolute Gasteiger partial charge is 0.494 e. The molecule has 0 aromatic heterocycles. The molecule has 0 spiro atoms. The Morgan fingerprint density at radius 2 is 1.73 bits per heavy atom. The number of carbonyl (C=O) groups excluding carboxylic acids is 2. The maximum Gasteiger partial charge on any atom is 0.223 e. The van der Waals surface area contributed by atoms with Crippen LogP contribution in [0.15, 0.2) is 54.6 Å². The lowest BCUT2D eigenvalue weighted by Crippen LogP contribution is -2.34. The number of carbonyl (C=O) groups is 2. The molecule has 0 fully saturated rings. The molecule has 1 unspecified atom stereocenters. The summed E-state index contributed by atoms with van der Waals surface area (Å²) < 4.78 is 5.42. The summed E-state index contributed by atoms with van der Waals surface area (Å²) in [6, 6.07) is 17.0. The van der Waals surface area contributed by atoms with Crippen LogP contribution in [0.25, 0.3) is 0 Å². The van der Waals surface area contributed by atoms with Gasteiger partial charge in [-0.05, 0) is 43.7 Å². The van der Waals surface area contributed by atoms with Crippen LogP contribution in [0, 0.1) is 0 Å². The van der Waals surface area contributed by atoms with Gasteiger partial charge >= 0.3 is 0 Å². The number of rotatable bonds is 8. The van der Waals surface area contributed by atoms with Gasteiger partial charge < -0.3 is 15.0 Å². The van der Waals surface area contributed by atoms with E-state index >= 15 is 0 Å². The second kappa shape index (κ2) is 9.61. The van der Waals surface area contributed by atoms with Gasteiger partial charge in [0, 0.05) is 25.6 Å². The Morgan fingerprint density at radius 1 is 1.08 bits per heavy atom. The van der Waals surface area contributed by atoms with Crippen molar-refractivity contribution in [2.45, 2.75) is 33.2 Å². The fourth-order valence-corrected chi connectivity index (χ4v) is 2.71. The second-order valence-electron chi connectivity index (χ2n) is 6.05. The Kier molecular flexibility index (Phi) is 7.21. The summed E-state index contributed by atoms with van der Waals surface area (Å²) in [6.45, 7) is 6.29. The zero-order valence-electron chi connectivity index (χ0n) is 15.6. The van der Waals surface area contributed by atoms with Crippen molar-refractivity contribution in [3.05, 3.63) is 60.2 Å². The number of amides is 2. The average molecular weight is 354 g/mol. The van der Waals surface area contributed by atoms with Gasteiger partial charge in [0.25, 0.3) is 0 Å². The summed E-state index contributed by atoms with van der Waals surface area (Å²) in [7, 11) is 0. The first-order valence-electron chi connectivity index (χ1n) is 8.86. The number of nitrogens with one attached hydrogen (secondary N) is 1. The smallest absolute Gasteiger partial charge is 0.223 e. The van der Waals surface area contributed by atoms with Gasteiger partial charge in [-0.1, -0.05) is 30.3 Å². The van der Waals surface area contributed by atoms with E-state index in [0.717, 1.165) is 17.0 Å². The zero-order valence-corrected chi connectivity index (χ0v) is 15.6. The third kappa shape index (κ3) is 5.62. The van der Waals surface area contributed by atoms with Crippen LogP contribution in [0.3, 0.4) is 0 Å². The van der Waals surface area contributed by atoms with Crippen molar-refractivity contribution in [2.75, 3.05) is 18.1 Å². The second-order valence-corrected chi connectivity index (χ2v) is 6.05. The van der Waals surface area contributed by atoms with Gasteiger partial charge in [-0.15, -0.1) is 0 Å². The summed E-state index contributed by atoms with van der Waals surface area (Å²) in [6.07, 6.45) is 0.240. The van der Waals surface area contributed by atoms with Crippen LogP contribution < -0.4 is 15.0 Å². The maximum atomic E-state index is 12.3. The lowest BCUT2D eigenvalue weighted by atomic mass is 10.1. The molecule has 0 aliphatic carbocycles. The highest BCUT2D eigenvalue weighted by molar-refractivity contribution is 5.92. The monoisotopic (exact) mass is 354 g/mol. The molecule has 0 saturated heterocycles. The van der Waals surface area contributed by atoms with E-state index in [4.69, 9.17) is 4.74 Å². The predicted molar refractivity (Wildman–Crippen MR) is 103 cm³/mol. The first-order chi connectivity index (χ1) is 12.5. The molecule has 26 heavy (non-hydrogen) atoms. The summed E-state index contributed by atoms with van der Waals surface area (Å²) >= 11 is 0. The number of hydrogen-bond donors (Lipinski definition) is 1. The fourth-order valence-electron chi connectivity index (χ4n) is 2.71. The molecule has 0 bridgehead atoms. The Bertz CT molecular complexity index is 714. The lowest BCUT2D eigenvalue weighted by molar-refractivity contribution is -0.121. The third-order valence-corrected chi connectivity index (χ3v) is 4.08. The molecule has 0 heterocycles. The fraction of sp³-hybridized carbons (Fsp3) is 0.333. The van der Waals surface area contributed by atoms with Crippen molar-refractivity contribution in [3.63, 3.8) is 0 Å². The molecule has 0 aliphatic heterocycles. The van der Waals surface area contributed by atoms with Gasteiger partial charge in [0.1, 0.15) is 5.75 Å². The molecule has 0 radical (unpaired) electrons. The molecule has 1 atom stereocenters. The van der Waals surface area contributed by atoms with E-state index in [1.807, 2.05) is 68.4 Å². The first-order valence-corrected chi connectivity index (χ1v) is 8.86. The Labute approximate surface area is 155 Å². The number of hydrogen-bond acceptors (Lipinski definition) is 3. The minimum absolute atomic E-state index is 0.0695. The van der Waals surface area contributed by atoms with Crippen LogP contribution in [0.4, 0.5) is 5.69 Å². The summed E-state index contributed by atoms with van der Waals surface area (Å²) in [5.74, 6) is 0.575. The first kappa shape index (κ1) is 19.5. The van der Waals surface area contributed by atoms with Crippen molar-refractivity contribution in [1.29, 1.82) is 0 Å². The molecule has 5 nitrogen and oxygen atoms in total. The molecule has 2 rings (SSSR count). The molecule has 2 aromatic carbocycles. The standard InChI is InChI=1S/C21H26N2O3/c1-4-26-20-12-10-19(11-13-20)23(17(3)24)15-14-21(25)22-16(2)18-8-6-5-7-9-18/h5-13,16H,4,14-15H2,1-3H3,(H,22,25). The predicted octanol–water partition coefficient (Wildman–Crippen LogP) is 3.71. The van der Waals surface area contributed by atoms with Crippen LogP contribution in [0.5, 0.6) is 5.75 Å². The molecule has 1 N–H and O–H groups in total. The molecule has 0 aliphatic rings. The highest BCUT2D eigenvalue weighted by Crippen LogP contribution is 2.20. The quantitative estimate of drug-likeness (QED) is 0.786. The van der Waals surface area contributed by atoms with Crippen molar-refractivity contribution < 1.29 is 14.3 Å². The molecular formula is C21H26N2O3. The number of ether oxygens (including phenoxy) is 1. The minimum Gasteiger partial charge on any atom is -0.494 e. The number of anilines is 1. The van der Waals surface area contributed by atoms with Crippen molar-refractivity contribution in [1.82, 2.24) is 5.32 Å². The summed E-state index contributed by atoms with van der Waals surface area (Å²) in [5.41, 5.74) is 1.81. The van der Waals surface area contributed by atoms with Gasteiger partial charge in [-0.25, -0.2) is 0 Å². The van der Waals surface area contributed by atoms with E-state index in [2.05, 4.69) is 5.32 Å². The molecule has 138 valence electrons. The van der Waals surface area contributed by atoms with Gasteiger partial charge in [0.15, 0.2) is 0 Å². The van der Waals surface area contributed by atoms with E-state index in [9.17, 15) is 9.59 Å². The van der Waals surface area contributed by atoms with Crippen LogP contribution in [-0.2, 0) is 9.59 Å². The van der Waals surface area contributed by atoms with Crippen molar-refractivity contribution in [3.8, 4) is 5.75 Å². The number of nitrogens with zero attached hydrogens (tertiary/aromatic N) is 1. The molecular weight excluding hydrogens is 328 g/mol. The Morgan fingerprint density at radius 3 is 2.31 bits per heavy atom. The average Bonchev–Trinajstić information content (AvgIpc) is 2.64. The zero-order chi connectivity index (χ0) is 18.9. The van der Waals surface area contributed by atoms with E-state index in [0.29, 0.717) is 13.2 Å². The molecule has 2 aromatic rings. The number of benzene rings is 2. The van der Waals surface area contributed by atoms with E-state index in [1.54, 1.807) is 4.90 Å². The maximum absolute atomic E-state index is 12.3. The van der Waals surface area contributed by atoms with Gasteiger partial charge in [0.05, 0.1) is 12.6 Å². The van der Waals surface area contributed by atoms with E-state index < -0.39 is 0 Å². The van der Waals surface area contributed by atoms with Crippen LogP contribution in [0.2, 0.25) is 0 Å². The van der Waals surface area contributed by atoms with Crippen LogP contribution in [0.1, 0.15) is 38.8 Å². The summed E-state index contributed by atoms with van der Waals surface area (Å²) in [5, 5.41) is 2.97. The van der Waals surface area contributed by atoms with E-state index in [1.165, 1.54) is 6.92 Å². The Balaban J connectivity index is 1.93. The van der Waals surface area contributed by atoms with Gasteiger partial charge in [0.2, 0.25) is 11.8 Å². The van der Waals surface area contributed by atoms with Crippen molar-refractivity contribution >= 4 is 17.5 Å². The lowest BCUT2D eigenvalue weighted by Gasteiger charge is -2.22. The van der Waals surface area contributed by atoms with Crippen LogP contribution in [-0.4, -0.2) is 25.0 Å². The highest BCUT2D eigenvalue weighted by Gasteiger charge is 2.15. The molecule has 5 heteroatoms. The third-order valence-electron chi connectivity index (χ3n) is 4.08. The Hall–Kier alpha value is -2.82. The SMILES string of the molecule is CCOc1ccc(N(CCC(=O)NC(C)c2ccccc2)C(C)=O)cc1. The molecule has 0 saturated carbocycles. The van der Waals surface area contributed by atoms with E-state index in [-0.39, 0.29) is 24.3 Å². The van der Waals surface area contributed by atoms with Crippen LogP contribution >= 0.6 is 0 Å². The normalized spacial score (nSPS) is 11.5. The topological polar surface area (TPSA) is 58.6 Å². The van der Waals surface area contributed by atoms with Gasteiger partial charge in [-0.2, -0.15) is 0 Å².